The van der Waals surface area contributed by atoms with E-state index in [-0.39, 0.29) is 24.5 Å². The van der Waals surface area contributed by atoms with Crippen LogP contribution in [-0.4, -0.2) is 35.8 Å². The summed E-state index contributed by atoms with van der Waals surface area (Å²) in [6.07, 6.45) is 1.44. The van der Waals surface area contributed by atoms with Crippen molar-refractivity contribution in [2.24, 2.45) is 0 Å². The zero-order valence-electron chi connectivity index (χ0n) is 17.4. The first-order chi connectivity index (χ1) is 16.0. The van der Waals surface area contributed by atoms with E-state index in [2.05, 4.69) is 10.6 Å². The van der Waals surface area contributed by atoms with Crippen LogP contribution >= 0.6 is 0 Å². The molecule has 4 N–H and O–H groups in total. The van der Waals surface area contributed by atoms with Gasteiger partial charge < -0.3 is 20.1 Å². The molecule has 1 aliphatic heterocycles. The van der Waals surface area contributed by atoms with Gasteiger partial charge in [-0.2, -0.15) is 0 Å². The second-order valence-electron chi connectivity index (χ2n) is 7.33. The predicted octanol–water partition coefficient (Wildman–Crippen LogP) is 2.47. The van der Waals surface area contributed by atoms with Crippen LogP contribution in [0.25, 0.3) is 10.8 Å². The van der Waals surface area contributed by atoms with Crippen LogP contribution in [0.1, 0.15) is 15.9 Å². The Morgan fingerprint density at radius 3 is 2.39 bits per heavy atom. The second-order valence-corrected chi connectivity index (χ2v) is 7.33. The van der Waals surface area contributed by atoms with Crippen molar-refractivity contribution in [2.75, 3.05) is 12.1 Å². The SMILES string of the molecule is O=C(N[C@@H](Cc1ccc2ccccc2c1)C(=O)Nc1ccc(C(=O)NO)cc1)C1=COCO1. The Labute approximate surface area is 189 Å². The van der Waals surface area contributed by atoms with Gasteiger partial charge in [0.25, 0.3) is 11.8 Å². The molecule has 0 aromatic heterocycles. The standard InChI is InChI=1S/C24H21N3O6/c28-22(27-31)17-7-9-19(10-8-17)25-23(29)20(26-24(30)21-13-32-14-33-21)12-15-5-6-16-3-1-2-4-18(16)11-15/h1-11,13,20,31H,12,14H2,(H,25,29)(H,26,30)(H,27,28)/t20-/m0/s1. The number of benzene rings is 3. The lowest BCUT2D eigenvalue weighted by Gasteiger charge is -2.19. The number of nitrogens with one attached hydrogen (secondary N) is 3. The van der Waals surface area contributed by atoms with Crippen molar-refractivity contribution >= 4 is 34.2 Å². The molecule has 1 aliphatic rings. The topological polar surface area (TPSA) is 126 Å². The molecule has 0 saturated heterocycles. The van der Waals surface area contributed by atoms with Crippen molar-refractivity contribution in [3.8, 4) is 0 Å². The highest BCUT2D eigenvalue weighted by atomic mass is 16.7. The first-order valence-corrected chi connectivity index (χ1v) is 10.1. The summed E-state index contributed by atoms with van der Waals surface area (Å²) in [5, 5.41) is 16.2. The van der Waals surface area contributed by atoms with E-state index in [9.17, 15) is 14.4 Å². The van der Waals surface area contributed by atoms with Crippen LogP contribution < -0.4 is 16.1 Å². The van der Waals surface area contributed by atoms with Crippen LogP contribution in [0.4, 0.5) is 5.69 Å². The molecule has 3 aromatic rings. The van der Waals surface area contributed by atoms with E-state index in [0.29, 0.717) is 5.69 Å². The quantitative estimate of drug-likeness (QED) is 0.326. The number of rotatable bonds is 7. The van der Waals surface area contributed by atoms with Gasteiger partial charge >= 0.3 is 0 Å². The van der Waals surface area contributed by atoms with E-state index in [1.54, 1.807) is 5.48 Å². The van der Waals surface area contributed by atoms with Gasteiger partial charge in [0.1, 0.15) is 12.3 Å². The molecule has 0 bridgehead atoms. The maximum absolute atomic E-state index is 13.1. The molecule has 0 radical (unpaired) electrons. The smallest absolute Gasteiger partial charge is 0.290 e. The minimum atomic E-state index is -0.913. The molecule has 1 heterocycles. The fourth-order valence-electron chi connectivity index (χ4n) is 3.40. The molecule has 4 rings (SSSR count). The lowest BCUT2D eigenvalue weighted by atomic mass is 10.0. The van der Waals surface area contributed by atoms with Crippen LogP contribution in [0, 0.1) is 0 Å². The van der Waals surface area contributed by atoms with Gasteiger partial charge in [-0.05, 0) is 40.6 Å². The molecule has 9 heteroatoms. The fourth-order valence-corrected chi connectivity index (χ4v) is 3.40. The number of carbonyl (C=O) groups is 3. The number of ether oxygens (including phenoxy) is 2. The number of hydrogen-bond acceptors (Lipinski definition) is 6. The van der Waals surface area contributed by atoms with Crippen molar-refractivity contribution in [1.29, 1.82) is 0 Å². The zero-order chi connectivity index (χ0) is 23.2. The average molecular weight is 447 g/mol. The Morgan fingerprint density at radius 1 is 0.939 bits per heavy atom. The number of fused-ring (bicyclic) bond motifs is 1. The third-order valence-electron chi connectivity index (χ3n) is 5.09. The van der Waals surface area contributed by atoms with Crippen LogP contribution in [0.2, 0.25) is 0 Å². The third kappa shape index (κ3) is 5.28. The largest absolute Gasteiger partial charge is 0.461 e. The zero-order valence-corrected chi connectivity index (χ0v) is 17.4. The van der Waals surface area contributed by atoms with Gasteiger partial charge in [0.15, 0.2) is 0 Å². The molecule has 0 saturated carbocycles. The maximum atomic E-state index is 13.1. The van der Waals surface area contributed by atoms with Gasteiger partial charge in [0, 0.05) is 17.7 Å². The van der Waals surface area contributed by atoms with E-state index in [1.807, 2.05) is 42.5 Å². The van der Waals surface area contributed by atoms with Crippen molar-refractivity contribution in [3.63, 3.8) is 0 Å². The summed E-state index contributed by atoms with van der Waals surface area (Å²) in [6, 6.07) is 18.7. The Morgan fingerprint density at radius 2 is 1.70 bits per heavy atom. The van der Waals surface area contributed by atoms with E-state index < -0.39 is 23.8 Å². The molecule has 33 heavy (non-hydrogen) atoms. The molecule has 3 amide bonds. The van der Waals surface area contributed by atoms with Crippen molar-refractivity contribution < 1.29 is 29.1 Å². The molecule has 3 aromatic carbocycles. The van der Waals surface area contributed by atoms with Gasteiger partial charge in [-0.25, -0.2) is 5.48 Å². The minimum Gasteiger partial charge on any atom is -0.461 e. The number of hydroxylamine groups is 1. The summed E-state index contributed by atoms with van der Waals surface area (Å²) in [7, 11) is 0. The highest BCUT2D eigenvalue weighted by Crippen LogP contribution is 2.18. The summed E-state index contributed by atoms with van der Waals surface area (Å²) >= 11 is 0. The van der Waals surface area contributed by atoms with Crippen LogP contribution in [0.15, 0.2) is 78.8 Å². The maximum Gasteiger partial charge on any atom is 0.290 e. The first kappa shape index (κ1) is 21.8. The number of amides is 3. The monoisotopic (exact) mass is 447 g/mol. The number of hydrogen-bond donors (Lipinski definition) is 4. The van der Waals surface area contributed by atoms with Crippen molar-refractivity contribution in [2.45, 2.75) is 12.5 Å². The van der Waals surface area contributed by atoms with E-state index in [1.165, 1.54) is 30.5 Å². The Hall–Kier alpha value is -4.37. The summed E-state index contributed by atoms with van der Waals surface area (Å²) in [5.74, 6) is -1.69. The van der Waals surface area contributed by atoms with Crippen LogP contribution in [0.5, 0.6) is 0 Å². The van der Waals surface area contributed by atoms with Gasteiger partial charge in [-0.3, -0.25) is 19.6 Å². The second kappa shape index (κ2) is 9.84. The van der Waals surface area contributed by atoms with Gasteiger partial charge in [0.2, 0.25) is 18.5 Å². The van der Waals surface area contributed by atoms with Gasteiger partial charge in [-0.15, -0.1) is 0 Å². The van der Waals surface area contributed by atoms with Crippen LogP contribution in [-0.2, 0) is 25.5 Å². The van der Waals surface area contributed by atoms with Crippen molar-refractivity contribution in [3.05, 3.63) is 89.9 Å². The summed E-state index contributed by atoms with van der Waals surface area (Å²) in [6.45, 7) is -0.0575. The molecule has 9 nitrogen and oxygen atoms in total. The predicted molar refractivity (Wildman–Crippen MR) is 119 cm³/mol. The molecule has 168 valence electrons. The van der Waals surface area contributed by atoms with Crippen molar-refractivity contribution in [1.82, 2.24) is 10.8 Å². The Kier molecular flexibility index (Phi) is 6.51. The molecule has 1 atom stereocenters. The molecular formula is C24H21N3O6. The molecular weight excluding hydrogens is 426 g/mol. The molecule has 0 unspecified atom stereocenters. The third-order valence-corrected chi connectivity index (χ3v) is 5.09. The summed E-state index contributed by atoms with van der Waals surface area (Å²) in [5.41, 5.74) is 3.06. The number of anilines is 1. The first-order valence-electron chi connectivity index (χ1n) is 10.1. The number of carbonyl (C=O) groups excluding carboxylic acids is 3. The summed E-state index contributed by atoms with van der Waals surface area (Å²) < 4.78 is 10.0. The lowest BCUT2D eigenvalue weighted by Crippen LogP contribution is -2.45. The fraction of sp³-hybridized carbons (Fsp3) is 0.125. The van der Waals surface area contributed by atoms with E-state index in [0.717, 1.165) is 16.3 Å². The average Bonchev–Trinajstić information content (AvgIpc) is 3.39. The van der Waals surface area contributed by atoms with E-state index >= 15 is 0 Å². The lowest BCUT2D eigenvalue weighted by molar-refractivity contribution is -0.126. The minimum absolute atomic E-state index is 0.00863. The van der Waals surface area contributed by atoms with Gasteiger partial charge in [-0.1, -0.05) is 42.5 Å². The van der Waals surface area contributed by atoms with Crippen LogP contribution in [0.3, 0.4) is 0 Å². The van der Waals surface area contributed by atoms with Gasteiger partial charge in [0.05, 0.1) is 0 Å². The Bertz CT molecular complexity index is 1220. The normalized spacial score (nSPS) is 13.3. The molecule has 0 spiro atoms. The molecule has 0 fully saturated rings. The highest BCUT2D eigenvalue weighted by molar-refractivity contribution is 6.01. The summed E-state index contributed by atoms with van der Waals surface area (Å²) in [4.78, 5) is 37.1. The highest BCUT2D eigenvalue weighted by Gasteiger charge is 2.25. The Balaban J connectivity index is 1.53. The van der Waals surface area contributed by atoms with E-state index in [4.69, 9.17) is 14.7 Å². The molecule has 0 aliphatic carbocycles.